The lowest BCUT2D eigenvalue weighted by Crippen LogP contribution is -2.48. The Morgan fingerprint density at radius 1 is 1.24 bits per heavy atom. The van der Waals surface area contributed by atoms with Gasteiger partial charge in [0.15, 0.2) is 0 Å². The van der Waals surface area contributed by atoms with Crippen LogP contribution in [0.5, 0.6) is 0 Å². The van der Waals surface area contributed by atoms with E-state index >= 15 is 0 Å². The molecule has 0 atom stereocenters. The number of amides is 1. The number of aromatic nitrogens is 2. The number of benzene rings is 1. The Morgan fingerprint density at radius 3 is 2.76 bits per heavy atom. The molecule has 7 heteroatoms. The lowest BCUT2D eigenvalue weighted by atomic mass is 10.1. The highest BCUT2D eigenvalue weighted by atomic mass is 16.5. The van der Waals surface area contributed by atoms with E-state index in [0.29, 0.717) is 19.5 Å². The van der Waals surface area contributed by atoms with Crippen molar-refractivity contribution in [1.29, 1.82) is 5.26 Å². The molecule has 1 aromatic carbocycles. The van der Waals surface area contributed by atoms with Gasteiger partial charge in [-0.3, -0.25) is 9.69 Å². The Labute approximate surface area is 170 Å². The van der Waals surface area contributed by atoms with Crippen molar-refractivity contribution in [1.82, 2.24) is 19.5 Å². The van der Waals surface area contributed by atoms with Gasteiger partial charge in [-0.15, -0.1) is 0 Å². The zero-order chi connectivity index (χ0) is 20.2. The highest BCUT2D eigenvalue weighted by Crippen LogP contribution is 2.24. The van der Waals surface area contributed by atoms with Gasteiger partial charge in [0.25, 0.3) is 5.91 Å². The zero-order valence-electron chi connectivity index (χ0n) is 16.7. The van der Waals surface area contributed by atoms with E-state index in [1.165, 1.54) is 0 Å². The molecule has 0 aliphatic carbocycles. The second-order valence-corrected chi connectivity index (χ2v) is 7.51. The van der Waals surface area contributed by atoms with Crippen LogP contribution in [-0.2, 0) is 13.1 Å². The van der Waals surface area contributed by atoms with Crippen molar-refractivity contribution >= 4 is 16.8 Å². The number of carbonyl (C=O) groups excluding carboxylic acids is 1. The van der Waals surface area contributed by atoms with Crippen LogP contribution < -0.4 is 0 Å². The molecule has 150 valence electrons. The van der Waals surface area contributed by atoms with Crippen molar-refractivity contribution in [2.24, 2.45) is 0 Å². The van der Waals surface area contributed by atoms with Crippen LogP contribution in [0.4, 0.5) is 0 Å². The van der Waals surface area contributed by atoms with Crippen molar-refractivity contribution in [2.45, 2.75) is 32.9 Å². The highest BCUT2D eigenvalue weighted by molar-refractivity contribution is 6.07. The van der Waals surface area contributed by atoms with Crippen LogP contribution in [0.3, 0.4) is 0 Å². The molecule has 0 saturated carbocycles. The average Bonchev–Trinajstić information content (AvgIpc) is 3.32. The van der Waals surface area contributed by atoms with Crippen molar-refractivity contribution < 1.29 is 9.32 Å². The molecule has 7 nitrogen and oxygen atoms in total. The summed E-state index contributed by atoms with van der Waals surface area (Å²) in [6.45, 7) is 6.41. The van der Waals surface area contributed by atoms with Crippen LogP contribution in [-0.4, -0.2) is 51.6 Å². The molecular formula is C22H25N5O2. The van der Waals surface area contributed by atoms with Crippen LogP contribution in [0.2, 0.25) is 0 Å². The SMILES string of the molecule is Cc1cc(CN2CCN(C(=O)c3cn(CCCC#N)c4ccccc34)CC2)no1. The Balaban J connectivity index is 1.44. The molecule has 1 aliphatic heterocycles. The van der Waals surface area contributed by atoms with E-state index in [0.717, 1.165) is 60.5 Å². The quantitative estimate of drug-likeness (QED) is 0.603. The molecule has 4 rings (SSSR count). The Morgan fingerprint density at radius 2 is 2.03 bits per heavy atom. The third-order valence-corrected chi connectivity index (χ3v) is 5.43. The van der Waals surface area contributed by atoms with Crippen molar-refractivity contribution in [3.63, 3.8) is 0 Å². The molecule has 3 aromatic rings. The molecule has 0 N–H and O–H groups in total. The number of hydrogen-bond acceptors (Lipinski definition) is 5. The smallest absolute Gasteiger partial charge is 0.256 e. The summed E-state index contributed by atoms with van der Waals surface area (Å²) < 4.78 is 7.24. The molecule has 29 heavy (non-hydrogen) atoms. The van der Waals surface area contributed by atoms with Gasteiger partial charge in [-0.1, -0.05) is 23.4 Å². The molecule has 0 unspecified atom stereocenters. The maximum Gasteiger partial charge on any atom is 0.256 e. The molecule has 0 bridgehead atoms. The lowest BCUT2D eigenvalue weighted by molar-refractivity contribution is 0.0627. The van der Waals surface area contributed by atoms with Gasteiger partial charge >= 0.3 is 0 Å². The van der Waals surface area contributed by atoms with E-state index in [9.17, 15) is 4.79 Å². The first kappa shape index (κ1) is 19.2. The normalized spacial score (nSPS) is 15.0. The summed E-state index contributed by atoms with van der Waals surface area (Å²) in [6, 6.07) is 12.1. The molecule has 1 saturated heterocycles. The van der Waals surface area contributed by atoms with Gasteiger partial charge in [0.05, 0.1) is 17.3 Å². The van der Waals surface area contributed by atoms with Crippen molar-refractivity contribution in [3.05, 3.63) is 53.5 Å². The van der Waals surface area contributed by atoms with Crippen LogP contribution >= 0.6 is 0 Å². The fourth-order valence-corrected chi connectivity index (χ4v) is 3.93. The Hall–Kier alpha value is -3.11. The minimum absolute atomic E-state index is 0.0807. The van der Waals surface area contributed by atoms with Gasteiger partial charge < -0.3 is 14.0 Å². The number of piperazine rings is 1. The largest absolute Gasteiger partial charge is 0.361 e. The second kappa shape index (κ2) is 8.50. The van der Waals surface area contributed by atoms with E-state index in [4.69, 9.17) is 9.78 Å². The van der Waals surface area contributed by atoms with Crippen LogP contribution in [0.1, 0.15) is 34.7 Å². The molecule has 1 amide bonds. The molecule has 2 aromatic heterocycles. The third-order valence-electron chi connectivity index (χ3n) is 5.43. The molecule has 0 radical (unpaired) electrons. The summed E-state index contributed by atoms with van der Waals surface area (Å²) in [5, 5.41) is 13.8. The van der Waals surface area contributed by atoms with Crippen molar-refractivity contribution in [2.75, 3.05) is 26.2 Å². The van der Waals surface area contributed by atoms with Gasteiger partial charge in [0.2, 0.25) is 0 Å². The van der Waals surface area contributed by atoms with Crippen LogP contribution in [0.15, 0.2) is 41.1 Å². The minimum atomic E-state index is 0.0807. The fraction of sp³-hybridized carbons (Fsp3) is 0.409. The number of fused-ring (bicyclic) bond motifs is 1. The molecule has 1 aliphatic rings. The first-order valence-electron chi connectivity index (χ1n) is 10.0. The maximum absolute atomic E-state index is 13.2. The number of nitriles is 1. The van der Waals surface area contributed by atoms with E-state index in [1.807, 2.05) is 48.4 Å². The van der Waals surface area contributed by atoms with Crippen LogP contribution in [0, 0.1) is 18.3 Å². The number of carbonyl (C=O) groups is 1. The topological polar surface area (TPSA) is 78.3 Å². The van der Waals surface area contributed by atoms with E-state index < -0.39 is 0 Å². The molecular weight excluding hydrogens is 366 g/mol. The van der Waals surface area contributed by atoms with E-state index in [1.54, 1.807) is 0 Å². The number of unbranched alkanes of at least 4 members (excludes halogenated alkanes) is 1. The number of para-hydroxylation sites is 1. The zero-order valence-corrected chi connectivity index (χ0v) is 16.7. The van der Waals surface area contributed by atoms with Gasteiger partial charge in [-0.25, -0.2) is 0 Å². The van der Waals surface area contributed by atoms with E-state index in [2.05, 4.69) is 20.7 Å². The summed E-state index contributed by atoms with van der Waals surface area (Å²) in [6.07, 6.45) is 3.25. The minimum Gasteiger partial charge on any atom is -0.361 e. The number of aryl methyl sites for hydroxylation is 2. The average molecular weight is 391 g/mol. The Kier molecular flexibility index (Phi) is 5.63. The highest BCUT2D eigenvalue weighted by Gasteiger charge is 2.25. The van der Waals surface area contributed by atoms with Gasteiger partial charge in [-0.2, -0.15) is 5.26 Å². The molecule has 3 heterocycles. The maximum atomic E-state index is 13.2. The molecule has 1 fully saturated rings. The number of hydrogen-bond donors (Lipinski definition) is 0. The summed E-state index contributed by atoms with van der Waals surface area (Å²) in [4.78, 5) is 17.5. The first-order valence-corrected chi connectivity index (χ1v) is 10.0. The second-order valence-electron chi connectivity index (χ2n) is 7.51. The van der Waals surface area contributed by atoms with Gasteiger partial charge in [0, 0.05) is 68.9 Å². The predicted molar refractivity (Wildman–Crippen MR) is 109 cm³/mol. The Bertz CT molecular complexity index is 1040. The lowest BCUT2D eigenvalue weighted by Gasteiger charge is -2.34. The van der Waals surface area contributed by atoms with Gasteiger partial charge in [0.1, 0.15) is 5.76 Å². The summed E-state index contributed by atoms with van der Waals surface area (Å²) >= 11 is 0. The van der Waals surface area contributed by atoms with Crippen molar-refractivity contribution in [3.8, 4) is 6.07 Å². The first-order chi connectivity index (χ1) is 14.2. The standard InChI is InChI=1S/C22H25N5O2/c1-17-14-18(24-29-17)15-25-10-12-26(13-11-25)22(28)20-16-27(9-5-4-8-23)21-7-3-2-6-19(20)21/h2-3,6-7,14,16H,4-5,9-13,15H2,1H3. The number of rotatable bonds is 6. The van der Waals surface area contributed by atoms with Gasteiger partial charge in [-0.05, 0) is 19.4 Å². The summed E-state index contributed by atoms with van der Waals surface area (Å²) in [5.74, 6) is 0.900. The predicted octanol–water partition coefficient (Wildman–Crippen LogP) is 3.20. The number of nitrogens with zero attached hydrogens (tertiary/aromatic N) is 5. The third kappa shape index (κ3) is 4.17. The van der Waals surface area contributed by atoms with E-state index in [-0.39, 0.29) is 5.91 Å². The molecule has 0 spiro atoms. The monoisotopic (exact) mass is 391 g/mol. The fourth-order valence-electron chi connectivity index (χ4n) is 3.93. The summed E-state index contributed by atoms with van der Waals surface area (Å²) in [7, 11) is 0. The summed E-state index contributed by atoms with van der Waals surface area (Å²) in [5.41, 5.74) is 2.73. The van der Waals surface area contributed by atoms with Crippen LogP contribution in [0.25, 0.3) is 10.9 Å².